The molecule has 17 heavy (non-hydrogen) atoms. The Kier molecular flexibility index (Phi) is 5.56. The molecule has 96 valence electrons. The number of benzene rings is 1. The summed E-state index contributed by atoms with van der Waals surface area (Å²) in [4.78, 5) is 6.70. The summed E-state index contributed by atoms with van der Waals surface area (Å²) in [5, 5.41) is 0. The van der Waals surface area contributed by atoms with E-state index < -0.39 is 6.86 Å². The van der Waals surface area contributed by atoms with Gasteiger partial charge in [-0.3, -0.25) is 5.48 Å². The zero-order chi connectivity index (χ0) is 12.7. The Balaban J connectivity index is 2.90. The van der Waals surface area contributed by atoms with Gasteiger partial charge < -0.3 is 9.64 Å². The first kappa shape index (κ1) is 13.6. The van der Waals surface area contributed by atoms with Crippen molar-refractivity contribution in [2.45, 2.75) is 13.8 Å². The quantitative estimate of drug-likeness (QED) is 0.745. The summed E-state index contributed by atoms with van der Waals surface area (Å²) >= 11 is 0. The fourth-order valence-electron chi connectivity index (χ4n) is 1.65. The monoisotopic (exact) mass is 242 g/mol. The fraction of sp³-hybridized carbons (Fsp3) is 0.500. The molecule has 1 rings (SSSR count). The largest absolute Gasteiger partial charge is 0.494 e. The van der Waals surface area contributed by atoms with Gasteiger partial charge in [-0.25, -0.2) is 9.23 Å². The van der Waals surface area contributed by atoms with Gasteiger partial charge in [0.05, 0.1) is 7.11 Å². The molecule has 0 atom stereocenters. The molecular weight excluding hydrogens is 223 g/mol. The van der Waals surface area contributed by atoms with Crippen LogP contribution in [0.2, 0.25) is 0 Å². The van der Waals surface area contributed by atoms with Crippen molar-refractivity contribution in [2.75, 3.05) is 37.4 Å². The Labute approximate surface area is 101 Å². The van der Waals surface area contributed by atoms with Gasteiger partial charge in [0, 0.05) is 24.8 Å². The van der Waals surface area contributed by atoms with Gasteiger partial charge in [-0.1, -0.05) is 0 Å². The number of rotatable bonds is 7. The molecule has 0 radical (unpaired) electrons. The number of methoxy groups -OCH3 is 1. The molecule has 0 aliphatic heterocycles. The summed E-state index contributed by atoms with van der Waals surface area (Å²) in [5.74, 6) is 0.628. The zero-order valence-electron chi connectivity index (χ0n) is 10.5. The standard InChI is InChI=1S/C12H19FN2O2/c1-4-15(5-2)10-6-7-11(14-17-9-13)12(8-10)16-3/h6-8,14H,4-5,9H2,1-3H3. The Hall–Kier alpha value is -1.49. The second-order valence-corrected chi connectivity index (χ2v) is 3.41. The third-order valence-corrected chi connectivity index (χ3v) is 2.55. The summed E-state index contributed by atoms with van der Waals surface area (Å²) in [5.41, 5.74) is 4.18. The molecular formula is C12H19FN2O2. The van der Waals surface area contributed by atoms with E-state index >= 15 is 0 Å². The molecule has 0 saturated carbocycles. The topological polar surface area (TPSA) is 33.7 Å². The first-order valence-electron chi connectivity index (χ1n) is 5.63. The fourth-order valence-corrected chi connectivity index (χ4v) is 1.65. The minimum absolute atomic E-state index is 0.612. The zero-order valence-corrected chi connectivity index (χ0v) is 10.5. The normalized spacial score (nSPS) is 10.1. The van der Waals surface area contributed by atoms with Gasteiger partial charge in [-0.2, -0.15) is 0 Å². The second-order valence-electron chi connectivity index (χ2n) is 3.41. The molecule has 1 aromatic rings. The first-order valence-corrected chi connectivity index (χ1v) is 5.63. The van der Waals surface area contributed by atoms with Crippen LogP contribution >= 0.6 is 0 Å². The van der Waals surface area contributed by atoms with E-state index in [1.165, 1.54) is 0 Å². The summed E-state index contributed by atoms with van der Waals surface area (Å²) in [7, 11) is 1.57. The maximum absolute atomic E-state index is 11.9. The predicted molar refractivity (Wildman–Crippen MR) is 67.2 cm³/mol. The second kappa shape index (κ2) is 6.96. The molecule has 1 N–H and O–H groups in total. The molecule has 0 spiro atoms. The lowest BCUT2D eigenvalue weighted by Gasteiger charge is -2.22. The minimum atomic E-state index is -0.888. The average molecular weight is 242 g/mol. The van der Waals surface area contributed by atoms with Crippen LogP contribution in [0.1, 0.15) is 13.8 Å². The summed E-state index contributed by atoms with van der Waals surface area (Å²) in [6.45, 7) is 5.14. The van der Waals surface area contributed by atoms with Gasteiger partial charge in [-0.05, 0) is 26.0 Å². The molecule has 5 heteroatoms. The maximum atomic E-state index is 11.9. The Morgan fingerprint density at radius 1 is 1.29 bits per heavy atom. The van der Waals surface area contributed by atoms with E-state index in [-0.39, 0.29) is 0 Å². The molecule has 0 aromatic heterocycles. The van der Waals surface area contributed by atoms with Crippen LogP contribution in [0.5, 0.6) is 5.75 Å². The van der Waals surface area contributed by atoms with E-state index in [0.717, 1.165) is 18.8 Å². The molecule has 0 fully saturated rings. The smallest absolute Gasteiger partial charge is 0.214 e. The van der Waals surface area contributed by atoms with Crippen molar-refractivity contribution in [1.29, 1.82) is 0 Å². The van der Waals surface area contributed by atoms with Crippen LogP contribution in [0.4, 0.5) is 15.8 Å². The van der Waals surface area contributed by atoms with Crippen molar-refractivity contribution in [3.8, 4) is 5.75 Å². The van der Waals surface area contributed by atoms with E-state index in [1.54, 1.807) is 7.11 Å². The van der Waals surface area contributed by atoms with Gasteiger partial charge >= 0.3 is 0 Å². The average Bonchev–Trinajstić information content (AvgIpc) is 2.38. The number of ether oxygens (including phenoxy) is 1. The highest BCUT2D eigenvalue weighted by molar-refractivity contribution is 5.63. The summed E-state index contributed by atoms with van der Waals surface area (Å²) in [6, 6.07) is 5.65. The highest BCUT2D eigenvalue weighted by Crippen LogP contribution is 2.29. The van der Waals surface area contributed by atoms with Gasteiger partial charge in [0.25, 0.3) is 0 Å². The lowest BCUT2D eigenvalue weighted by atomic mass is 10.2. The number of hydrogen-bond donors (Lipinski definition) is 1. The van der Waals surface area contributed by atoms with Crippen LogP contribution in [-0.4, -0.2) is 27.1 Å². The molecule has 0 unspecified atom stereocenters. The number of alkyl halides is 1. The van der Waals surface area contributed by atoms with Crippen LogP contribution < -0.4 is 15.1 Å². The minimum Gasteiger partial charge on any atom is -0.494 e. The van der Waals surface area contributed by atoms with Gasteiger partial charge in [0.15, 0.2) is 0 Å². The predicted octanol–water partition coefficient (Wildman–Crippen LogP) is 2.81. The number of halogens is 1. The van der Waals surface area contributed by atoms with Crippen LogP contribution in [0.3, 0.4) is 0 Å². The Morgan fingerprint density at radius 2 is 2.00 bits per heavy atom. The van der Waals surface area contributed by atoms with Crippen LogP contribution in [-0.2, 0) is 4.84 Å². The van der Waals surface area contributed by atoms with Crippen molar-refractivity contribution in [2.24, 2.45) is 0 Å². The Morgan fingerprint density at radius 3 is 2.53 bits per heavy atom. The van der Waals surface area contributed by atoms with Crippen LogP contribution in [0.25, 0.3) is 0 Å². The molecule has 0 amide bonds. The molecule has 0 aliphatic rings. The first-order chi connectivity index (χ1) is 8.26. The van der Waals surface area contributed by atoms with Crippen LogP contribution in [0, 0.1) is 0 Å². The molecule has 0 heterocycles. The lowest BCUT2D eigenvalue weighted by molar-refractivity contribution is 0.101. The lowest BCUT2D eigenvalue weighted by Crippen LogP contribution is -2.21. The highest BCUT2D eigenvalue weighted by Gasteiger charge is 2.07. The number of nitrogens with zero attached hydrogens (tertiary/aromatic N) is 1. The van der Waals surface area contributed by atoms with Crippen molar-refractivity contribution < 1.29 is 14.0 Å². The third kappa shape index (κ3) is 3.49. The Bertz CT molecular complexity index is 343. The van der Waals surface area contributed by atoms with E-state index in [0.29, 0.717) is 11.4 Å². The summed E-state index contributed by atoms with van der Waals surface area (Å²) < 4.78 is 17.1. The SMILES string of the molecule is CCN(CC)c1ccc(NOCF)c(OC)c1. The maximum Gasteiger partial charge on any atom is 0.214 e. The van der Waals surface area contributed by atoms with Crippen LogP contribution in [0.15, 0.2) is 18.2 Å². The van der Waals surface area contributed by atoms with E-state index in [9.17, 15) is 4.39 Å². The molecule has 0 saturated heterocycles. The molecule has 0 bridgehead atoms. The van der Waals surface area contributed by atoms with E-state index in [4.69, 9.17) is 4.74 Å². The van der Waals surface area contributed by atoms with E-state index in [1.807, 2.05) is 18.2 Å². The molecule has 4 nitrogen and oxygen atoms in total. The van der Waals surface area contributed by atoms with Crippen molar-refractivity contribution in [1.82, 2.24) is 0 Å². The molecule has 1 aromatic carbocycles. The molecule has 0 aliphatic carbocycles. The van der Waals surface area contributed by atoms with Crippen molar-refractivity contribution in [3.63, 3.8) is 0 Å². The van der Waals surface area contributed by atoms with Gasteiger partial charge in [0.1, 0.15) is 11.4 Å². The number of nitrogens with one attached hydrogen (secondary N) is 1. The summed E-state index contributed by atoms with van der Waals surface area (Å²) in [6.07, 6.45) is 0. The van der Waals surface area contributed by atoms with E-state index in [2.05, 4.69) is 29.1 Å². The van der Waals surface area contributed by atoms with Gasteiger partial charge in [0.2, 0.25) is 6.86 Å². The number of anilines is 2. The third-order valence-electron chi connectivity index (χ3n) is 2.55. The van der Waals surface area contributed by atoms with Gasteiger partial charge in [-0.15, -0.1) is 0 Å². The van der Waals surface area contributed by atoms with Crippen molar-refractivity contribution >= 4 is 11.4 Å². The number of hydrogen-bond acceptors (Lipinski definition) is 4. The van der Waals surface area contributed by atoms with Crippen molar-refractivity contribution in [3.05, 3.63) is 18.2 Å². The highest BCUT2D eigenvalue weighted by atomic mass is 19.1.